The van der Waals surface area contributed by atoms with Crippen molar-refractivity contribution in [1.82, 2.24) is 0 Å². The molecule has 0 bridgehead atoms. The minimum atomic E-state index is -0.751. The summed E-state index contributed by atoms with van der Waals surface area (Å²) >= 11 is 0. The Morgan fingerprint density at radius 2 is 2.00 bits per heavy atom. The summed E-state index contributed by atoms with van der Waals surface area (Å²) in [5.41, 5.74) is -0.357. The number of rotatable bonds is 3. The van der Waals surface area contributed by atoms with Gasteiger partial charge in [-0.1, -0.05) is 19.3 Å². The van der Waals surface area contributed by atoms with E-state index in [0.717, 1.165) is 25.7 Å². The van der Waals surface area contributed by atoms with Crippen molar-refractivity contribution in [2.75, 3.05) is 7.11 Å². The first-order chi connectivity index (χ1) is 5.68. The van der Waals surface area contributed by atoms with Gasteiger partial charge in [-0.05, 0) is 12.8 Å². The van der Waals surface area contributed by atoms with Crippen LogP contribution in [0, 0.1) is 0 Å². The van der Waals surface area contributed by atoms with Crippen molar-refractivity contribution in [3.63, 3.8) is 0 Å². The summed E-state index contributed by atoms with van der Waals surface area (Å²) in [4.78, 5) is 10.6. The van der Waals surface area contributed by atoms with Crippen LogP contribution in [0.15, 0.2) is 0 Å². The third-order valence-corrected chi connectivity index (χ3v) is 2.67. The average Bonchev–Trinajstić information content (AvgIpc) is 2.05. The van der Waals surface area contributed by atoms with Crippen LogP contribution in [0.5, 0.6) is 0 Å². The molecule has 0 amide bonds. The maximum atomic E-state index is 10.6. The van der Waals surface area contributed by atoms with Crippen molar-refractivity contribution in [2.24, 2.45) is 0 Å². The third kappa shape index (κ3) is 2.21. The fourth-order valence-corrected chi connectivity index (χ4v) is 1.92. The molecule has 0 aromatic carbocycles. The zero-order valence-corrected chi connectivity index (χ0v) is 7.51. The zero-order valence-electron chi connectivity index (χ0n) is 7.51. The number of ether oxygens (including phenoxy) is 1. The van der Waals surface area contributed by atoms with Crippen molar-refractivity contribution in [3.8, 4) is 0 Å². The smallest absolute Gasteiger partial charge is 0.306 e. The van der Waals surface area contributed by atoms with Crippen molar-refractivity contribution in [1.29, 1.82) is 0 Å². The van der Waals surface area contributed by atoms with Gasteiger partial charge >= 0.3 is 5.97 Å². The highest BCUT2D eigenvalue weighted by Gasteiger charge is 2.33. The first-order valence-corrected chi connectivity index (χ1v) is 4.45. The summed E-state index contributed by atoms with van der Waals surface area (Å²) in [6, 6.07) is 0. The molecule has 0 saturated heterocycles. The summed E-state index contributed by atoms with van der Waals surface area (Å²) in [6.07, 6.45) is 5.36. The molecule has 70 valence electrons. The molecule has 12 heavy (non-hydrogen) atoms. The monoisotopic (exact) mass is 172 g/mol. The lowest BCUT2D eigenvalue weighted by atomic mass is 9.82. The molecule has 0 unspecified atom stereocenters. The molecule has 1 rings (SSSR count). The number of carboxylic acid groups (broad SMARTS) is 1. The Morgan fingerprint density at radius 1 is 1.42 bits per heavy atom. The Hall–Kier alpha value is -0.570. The van der Waals surface area contributed by atoms with E-state index >= 15 is 0 Å². The van der Waals surface area contributed by atoms with Crippen LogP contribution in [0.4, 0.5) is 0 Å². The fraction of sp³-hybridized carbons (Fsp3) is 0.889. The van der Waals surface area contributed by atoms with E-state index < -0.39 is 5.97 Å². The molecule has 1 fully saturated rings. The minimum absolute atomic E-state index is 0.156. The number of carboxylic acids is 1. The lowest BCUT2D eigenvalue weighted by Crippen LogP contribution is -2.36. The molecule has 0 heterocycles. The number of hydrogen-bond acceptors (Lipinski definition) is 2. The molecule has 1 aliphatic carbocycles. The standard InChI is InChI=1S/C9H16O3/c1-12-9(7-8(10)11)5-3-2-4-6-9/h2-7H2,1H3,(H,10,11). The van der Waals surface area contributed by atoms with E-state index in [2.05, 4.69) is 0 Å². The molecule has 0 spiro atoms. The van der Waals surface area contributed by atoms with Crippen LogP contribution in [0.3, 0.4) is 0 Å². The van der Waals surface area contributed by atoms with Gasteiger partial charge in [-0.2, -0.15) is 0 Å². The van der Waals surface area contributed by atoms with Crippen LogP contribution in [-0.4, -0.2) is 23.8 Å². The van der Waals surface area contributed by atoms with Crippen molar-refractivity contribution >= 4 is 5.97 Å². The van der Waals surface area contributed by atoms with Crippen LogP contribution < -0.4 is 0 Å². The third-order valence-electron chi connectivity index (χ3n) is 2.67. The zero-order chi connectivity index (χ0) is 9.03. The maximum Gasteiger partial charge on any atom is 0.306 e. The number of carbonyl (C=O) groups is 1. The van der Waals surface area contributed by atoms with Crippen LogP contribution in [-0.2, 0) is 9.53 Å². The van der Waals surface area contributed by atoms with Crippen LogP contribution in [0.1, 0.15) is 38.5 Å². The van der Waals surface area contributed by atoms with E-state index in [0.29, 0.717) is 0 Å². The number of hydrogen-bond donors (Lipinski definition) is 1. The SMILES string of the molecule is COC1(CC(=O)O)CCCCC1. The Bertz CT molecular complexity index is 159. The second-order valence-corrected chi connectivity index (χ2v) is 3.52. The molecule has 0 radical (unpaired) electrons. The van der Waals surface area contributed by atoms with E-state index in [4.69, 9.17) is 9.84 Å². The van der Waals surface area contributed by atoms with Gasteiger partial charge in [0.2, 0.25) is 0 Å². The molecule has 0 aliphatic heterocycles. The molecule has 1 aliphatic rings. The van der Waals surface area contributed by atoms with Gasteiger partial charge in [-0.15, -0.1) is 0 Å². The Labute approximate surface area is 72.7 Å². The topological polar surface area (TPSA) is 46.5 Å². The van der Waals surface area contributed by atoms with E-state index in [9.17, 15) is 4.79 Å². The first kappa shape index (κ1) is 9.52. The molecule has 3 nitrogen and oxygen atoms in total. The fourth-order valence-electron chi connectivity index (χ4n) is 1.92. The molecule has 1 N–H and O–H groups in total. The van der Waals surface area contributed by atoms with E-state index in [-0.39, 0.29) is 12.0 Å². The van der Waals surface area contributed by atoms with Crippen LogP contribution >= 0.6 is 0 Å². The van der Waals surface area contributed by atoms with Crippen molar-refractivity contribution in [2.45, 2.75) is 44.1 Å². The van der Waals surface area contributed by atoms with Gasteiger partial charge in [-0.3, -0.25) is 4.79 Å². The predicted molar refractivity (Wildman–Crippen MR) is 45.1 cm³/mol. The van der Waals surface area contributed by atoms with Gasteiger partial charge in [-0.25, -0.2) is 0 Å². The van der Waals surface area contributed by atoms with Gasteiger partial charge in [0.05, 0.1) is 12.0 Å². The number of methoxy groups -OCH3 is 1. The summed E-state index contributed by atoms with van der Waals surface area (Å²) < 4.78 is 5.31. The quantitative estimate of drug-likeness (QED) is 0.706. The lowest BCUT2D eigenvalue weighted by molar-refractivity contribution is -0.146. The summed E-state index contributed by atoms with van der Waals surface area (Å²) in [5.74, 6) is -0.751. The first-order valence-electron chi connectivity index (χ1n) is 4.45. The average molecular weight is 172 g/mol. The van der Waals surface area contributed by atoms with Gasteiger partial charge in [0.15, 0.2) is 0 Å². The molecular weight excluding hydrogens is 156 g/mol. The normalized spacial score (nSPS) is 22.1. The second kappa shape index (κ2) is 3.90. The molecule has 3 heteroatoms. The van der Waals surface area contributed by atoms with Gasteiger partial charge in [0, 0.05) is 7.11 Å². The van der Waals surface area contributed by atoms with E-state index in [1.165, 1.54) is 6.42 Å². The second-order valence-electron chi connectivity index (χ2n) is 3.52. The van der Waals surface area contributed by atoms with Crippen molar-refractivity contribution < 1.29 is 14.6 Å². The van der Waals surface area contributed by atoms with Crippen LogP contribution in [0.25, 0.3) is 0 Å². The van der Waals surface area contributed by atoms with Crippen molar-refractivity contribution in [3.05, 3.63) is 0 Å². The highest BCUT2D eigenvalue weighted by Crippen LogP contribution is 2.33. The largest absolute Gasteiger partial charge is 0.481 e. The Kier molecular flexibility index (Phi) is 3.09. The molecule has 1 saturated carbocycles. The van der Waals surface area contributed by atoms with Gasteiger partial charge < -0.3 is 9.84 Å². The van der Waals surface area contributed by atoms with E-state index in [1.54, 1.807) is 7.11 Å². The summed E-state index contributed by atoms with van der Waals surface area (Å²) in [5, 5.41) is 8.68. The van der Waals surface area contributed by atoms with Gasteiger partial charge in [0.1, 0.15) is 0 Å². The van der Waals surface area contributed by atoms with Gasteiger partial charge in [0.25, 0.3) is 0 Å². The summed E-state index contributed by atoms with van der Waals surface area (Å²) in [7, 11) is 1.62. The molecule has 0 atom stereocenters. The predicted octanol–water partition coefficient (Wildman–Crippen LogP) is 1.81. The molecule has 0 aromatic rings. The number of aliphatic carboxylic acids is 1. The molecule has 0 aromatic heterocycles. The lowest BCUT2D eigenvalue weighted by Gasteiger charge is -2.34. The highest BCUT2D eigenvalue weighted by atomic mass is 16.5. The van der Waals surface area contributed by atoms with Crippen LogP contribution in [0.2, 0.25) is 0 Å². The minimum Gasteiger partial charge on any atom is -0.481 e. The van der Waals surface area contributed by atoms with E-state index in [1.807, 2.05) is 0 Å². The highest BCUT2D eigenvalue weighted by molar-refractivity contribution is 5.68. The molecular formula is C9H16O3. The maximum absolute atomic E-state index is 10.6. The Morgan fingerprint density at radius 3 is 2.42 bits per heavy atom. The Balaban J connectivity index is 2.53. The summed E-state index contributed by atoms with van der Waals surface area (Å²) in [6.45, 7) is 0.